The molecule has 0 spiro atoms. The topological polar surface area (TPSA) is 109 Å². The Morgan fingerprint density at radius 1 is 0.875 bits per heavy atom. The van der Waals surface area contributed by atoms with Gasteiger partial charge in [-0.2, -0.15) is 5.10 Å². The van der Waals surface area contributed by atoms with E-state index in [4.69, 9.17) is 4.74 Å². The largest absolute Gasteiger partial charge is 0.497 e. The number of rotatable bonds is 6. The van der Waals surface area contributed by atoms with E-state index in [9.17, 15) is 14.4 Å². The Balaban J connectivity index is 1.62. The molecule has 3 aromatic rings. The predicted molar refractivity (Wildman–Crippen MR) is 123 cm³/mol. The molecule has 0 aliphatic carbocycles. The molecule has 0 heterocycles. The van der Waals surface area contributed by atoms with Crippen molar-refractivity contribution in [1.29, 1.82) is 0 Å². The maximum Gasteiger partial charge on any atom is 0.329 e. The highest BCUT2D eigenvalue weighted by Crippen LogP contribution is 2.18. The third kappa shape index (κ3) is 6.02. The molecular formula is C24H22N4O4. The van der Waals surface area contributed by atoms with Gasteiger partial charge >= 0.3 is 11.8 Å². The fourth-order valence-corrected chi connectivity index (χ4v) is 2.80. The Morgan fingerprint density at radius 2 is 1.62 bits per heavy atom. The summed E-state index contributed by atoms with van der Waals surface area (Å²) in [6.07, 6.45) is 1.40. The van der Waals surface area contributed by atoms with Gasteiger partial charge in [-0.05, 0) is 66.6 Å². The molecule has 0 saturated carbocycles. The standard InChI is InChI=1S/C24H22N4O4/c1-16-6-5-7-18(14-16)26-22(29)20-8-3-4-9-21(20)27-23(30)24(31)28-25-15-17-10-12-19(32-2)13-11-17/h3-15H,1-2H3,(H,26,29)(H,27,30)(H,28,31)/b25-15+. The van der Waals surface area contributed by atoms with Crippen LogP contribution in [0.4, 0.5) is 11.4 Å². The van der Waals surface area contributed by atoms with Crippen molar-refractivity contribution in [2.75, 3.05) is 17.7 Å². The Hall–Kier alpha value is -4.46. The summed E-state index contributed by atoms with van der Waals surface area (Å²) in [4.78, 5) is 37.0. The second-order valence-electron chi connectivity index (χ2n) is 6.80. The number of nitrogens with one attached hydrogen (secondary N) is 3. The Bertz CT molecular complexity index is 1160. The number of nitrogens with zero attached hydrogens (tertiary/aromatic N) is 1. The van der Waals surface area contributed by atoms with Crippen LogP contribution in [0.25, 0.3) is 0 Å². The van der Waals surface area contributed by atoms with Gasteiger partial charge in [0, 0.05) is 5.69 Å². The molecule has 162 valence electrons. The number of ether oxygens (including phenoxy) is 1. The van der Waals surface area contributed by atoms with Crippen LogP contribution in [0.1, 0.15) is 21.5 Å². The van der Waals surface area contributed by atoms with Crippen LogP contribution >= 0.6 is 0 Å². The summed E-state index contributed by atoms with van der Waals surface area (Å²) in [5.41, 5.74) is 4.92. The van der Waals surface area contributed by atoms with Crippen molar-refractivity contribution in [2.24, 2.45) is 5.10 Å². The van der Waals surface area contributed by atoms with E-state index < -0.39 is 17.7 Å². The highest BCUT2D eigenvalue weighted by molar-refractivity contribution is 6.40. The lowest BCUT2D eigenvalue weighted by Gasteiger charge is -2.11. The lowest BCUT2D eigenvalue weighted by atomic mass is 10.1. The number of anilines is 2. The first-order valence-corrected chi connectivity index (χ1v) is 9.72. The highest BCUT2D eigenvalue weighted by Gasteiger charge is 2.17. The second-order valence-corrected chi connectivity index (χ2v) is 6.80. The molecule has 3 aromatic carbocycles. The van der Waals surface area contributed by atoms with Gasteiger partial charge in [0.2, 0.25) is 0 Å². The van der Waals surface area contributed by atoms with E-state index >= 15 is 0 Å². The van der Waals surface area contributed by atoms with Crippen LogP contribution in [0.15, 0.2) is 77.9 Å². The second kappa shape index (κ2) is 10.5. The van der Waals surface area contributed by atoms with Crippen molar-refractivity contribution in [1.82, 2.24) is 5.43 Å². The van der Waals surface area contributed by atoms with E-state index in [0.717, 1.165) is 5.56 Å². The molecule has 0 bridgehead atoms. The Morgan fingerprint density at radius 3 is 2.34 bits per heavy atom. The first-order valence-electron chi connectivity index (χ1n) is 9.72. The molecule has 8 nitrogen and oxygen atoms in total. The summed E-state index contributed by atoms with van der Waals surface area (Å²) in [5.74, 6) is -1.64. The molecule has 32 heavy (non-hydrogen) atoms. The van der Waals surface area contributed by atoms with Gasteiger partial charge in [-0.15, -0.1) is 0 Å². The predicted octanol–water partition coefficient (Wildman–Crippen LogP) is 3.34. The zero-order chi connectivity index (χ0) is 22.9. The number of aryl methyl sites for hydroxylation is 1. The van der Waals surface area contributed by atoms with Gasteiger partial charge in [-0.3, -0.25) is 14.4 Å². The Labute approximate surface area is 185 Å². The van der Waals surface area contributed by atoms with Gasteiger partial charge in [0.05, 0.1) is 24.6 Å². The summed E-state index contributed by atoms with van der Waals surface area (Å²) < 4.78 is 5.07. The van der Waals surface area contributed by atoms with E-state index in [1.807, 2.05) is 25.1 Å². The molecule has 3 N–H and O–H groups in total. The van der Waals surface area contributed by atoms with Gasteiger partial charge in [-0.25, -0.2) is 5.43 Å². The van der Waals surface area contributed by atoms with Gasteiger partial charge in [0.15, 0.2) is 0 Å². The summed E-state index contributed by atoms with van der Waals surface area (Å²) in [6, 6.07) is 20.7. The number of carbonyl (C=O) groups excluding carboxylic acids is 3. The van der Waals surface area contributed by atoms with E-state index in [2.05, 4.69) is 21.2 Å². The number of amides is 3. The van der Waals surface area contributed by atoms with Crippen molar-refractivity contribution >= 4 is 35.3 Å². The van der Waals surface area contributed by atoms with Crippen LogP contribution in [0.2, 0.25) is 0 Å². The zero-order valence-electron chi connectivity index (χ0n) is 17.6. The number of carbonyl (C=O) groups is 3. The molecule has 0 atom stereocenters. The summed E-state index contributed by atoms with van der Waals surface area (Å²) >= 11 is 0. The molecule has 0 saturated heterocycles. The lowest BCUT2D eigenvalue weighted by Crippen LogP contribution is -2.33. The van der Waals surface area contributed by atoms with Crippen LogP contribution in [0.3, 0.4) is 0 Å². The third-order valence-corrected chi connectivity index (χ3v) is 4.40. The monoisotopic (exact) mass is 430 g/mol. The lowest BCUT2D eigenvalue weighted by molar-refractivity contribution is -0.136. The van der Waals surface area contributed by atoms with E-state index in [-0.39, 0.29) is 11.3 Å². The molecule has 0 fully saturated rings. The molecule has 8 heteroatoms. The number of benzene rings is 3. The SMILES string of the molecule is COc1ccc(/C=N/NC(=O)C(=O)Nc2ccccc2C(=O)Nc2cccc(C)c2)cc1. The molecule has 3 amide bonds. The smallest absolute Gasteiger partial charge is 0.329 e. The van der Waals surface area contributed by atoms with E-state index in [0.29, 0.717) is 17.0 Å². The number of hydrogen-bond acceptors (Lipinski definition) is 5. The average molecular weight is 430 g/mol. The minimum Gasteiger partial charge on any atom is -0.497 e. The number of hydrazone groups is 1. The van der Waals surface area contributed by atoms with Gasteiger partial charge in [0.1, 0.15) is 5.75 Å². The minimum atomic E-state index is -0.969. The van der Waals surface area contributed by atoms with Crippen LogP contribution in [-0.4, -0.2) is 31.0 Å². The molecular weight excluding hydrogens is 408 g/mol. The molecule has 0 aromatic heterocycles. The maximum absolute atomic E-state index is 12.7. The molecule has 0 radical (unpaired) electrons. The summed E-state index contributed by atoms with van der Waals surface area (Å²) in [5, 5.41) is 9.01. The van der Waals surface area contributed by atoms with Crippen molar-refractivity contribution in [2.45, 2.75) is 6.92 Å². The highest BCUT2D eigenvalue weighted by atomic mass is 16.5. The first kappa shape index (κ1) is 22.2. The van der Waals surface area contributed by atoms with Crippen LogP contribution < -0.4 is 20.8 Å². The van der Waals surface area contributed by atoms with Crippen molar-refractivity contribution < 1.29 is 19.1 Å². The van der Waals surface area contributed by atoms with Gasteiger partial charge in [0.25, 0.3) is 5.91 Å². The summed E-state index contributed by atoms with van der Waals surface area (Å²) in [7, 11) is 1.56. The van der Waals surface area contributed by atoms with Crippen molar-refractivity contribution in [3.8, 4) is 5.75 Å². The van der Waals surface area contributed by atoms with Crippen LogP contribution in [0.5, 0.6) is 5.75 Å². The third-order valence-electron chi connectivity index (χ3n) is 4.40. The summed E-state index contributed by atoms with van der Waals surface area (Å²) in [6.45, 7) is 1.92. The molecule has 0 unspecified atom stereocenters. The van der Waals surface area contributed by atoms with Crippen molar-refractivity contribution in [3.05, 3.63) is 89.5 Å². The fraction of sp³-hybridized carbons (Fsp3) is 0.0833. The van der Waals surface area contributed by atoms with Crippen molar-refractivity contribution in [3.63, 3.8) is 0 Å². The number of methoxy groups -OCH3 is 1. The maximum atomic E-state index is 12.7. The van der Waals surface area contributed by atoms with E-state index in [1.165, 1.54) is 12.3 Å². The van der Waals surface area contributed by atoms with Gasteiger partial charge in [-0.1, -0.05) is 24.3 Å². The minimum absolute atomic E-state index is 0.205. The normalized spacial score (nSPS) is 10.4. The van der Waals surface area contributed by atoms with Crippen LogP contribution in [-0.2, 0) is 9.59 Å². The first-order chi connectivity index (χ1) is 15.5. The Kier molecular flexibility index (Phi) is 7.32. The number of hydrogen-bond donors (Lipinski definition) is 3. The number of para-hydroxylation sites is 1. The quantitative estimate of drug-likeness (QED) is 0.317. The molecule has 0 aliphatic rings. The van der Waals surface area contributed by atoms with Gasteiger partial charge < -0.3 is 15.4 Å². The fourth-order valence-electron chi connectivity index (χ4n) is 2.80. The molecule has 3 rings (SSSR count). The van der Waals surface area contributed by atoms with Crippen LogP contribution in [0, 0.1) is 6.92 Å². The molecule has 0 aliphatic heterocycles. The zero-order valence-corrected chi connectivity index (χ0v) is 17.6. The van der Waals surface area contributed by atoms with E-state index in [1.54, 1.807) is 55.6 Å². The average Bonchev–Trinajstić information content (AvgIpc) is 2.79.